The lowest BCUT2D eigenvalue weighted by molar-refractivity contribution is 0.0937. The molecule has 0 aliphatic heterocycles. The van der Waals surface area contributed by atoms with Crippen LogP contribution in [-0.4, -0.2) is 39.6 Å². The fraction of sp³-hybridized carbons (Fsp3) is 0.625. The number of carbonyl (C=O) groups is 1. The summed E-state index contributed by atoms with van der Waals surface area (Å²) < 4.78 is 1.24. The lowest BCUT2D eigenvalue weighted by atomic mass is 10.2. The molecule has 0 aliphatic rings. The van der Waals surface area contributed by atoms with Gasteiger partial charge in [-0.15, -0.1) is 5.10 Å². The fourth-order valence-corrected chi connectivity index (χ4v) is 3.22. The van der Waals surface area contributed by atoms with Gasteiger partial charge in [-0.2, -0.15) is 4.52 Å². The molecule has 2 aromatic heterocycles. The van der Waals surface area contributed by atoms with E-state index < -0.39 is 11.5 Å². The topological polar surface area (TPSA) is 79.6 Å². The number of hydrogen-bond donors (Lipinski definition) is 1. The van der Waals surface area contributed by atoms with Gasteiger partial charge < -0.3 is 10.2 Å². The van der Waals surface area contributed by atoms with Gasteiger partial charge in [0.2, 0.25) is 10.1 Å². The zero-order valence-corrected chi connectivity index (χ0v) is 15.5. The second-order valence-electron chi connectivity index (χ2n) is 5.83. The van der Waals surface area contributed by atoms with E-state index in [2.05, 4.69) is 34.1 Å². The van der Waals surface area contributed by atoms with E-state index in [9.17, 15) is 9.59 Å². The largest absolute Gasteiger partial charge is 0.349 e. The highest BCUT2D eigenvalue weighted by Crippen LogP contribution is 2.21. The fourth-order valence-electron chi connectivity index (χ4n) is 2.31. The Labute approximate surface area is 145 Å². The molecular formula is C16H25N5O2S. The third-order valence-electron chi connectivity index (χ3n) is 3.77. The van der Waals surface area contributed by atoms with Crippen LogP contribution in [0.5, 0.6) is 0 Å². The van der Waals surface area contributed by atoms with Gasteiger partial charge in [0.05, 0.1) is 0 Å². The Morgan fingerprint density at radius 1 is 1.33 bits per heavy atom. The molecule has 0 radical (unpaired) electrons. The molecule has 0 bridgehead atoms. The lowest BCUT2D eigenvalue weighted by Gasteiger charge is -2.19. The molecular weight excluding hydrogens is 326 g/mol. The SMILES string of the molecule is CCCN(CCC)c1nn2c(=O)c(C(=O)NC(C)CC)cnc2s1. The number of carbonyl (C=O) groups excluding carboxylic acids is 1. The molecule has 0 saturated heterocycles. The van der Waals surface area contributed by atoms with Crippen LogP contribution in [0.1, 0.15) is 57.3 Å². The maximum absolute atomic E-state index is 12.6. The Morgan fingerprint density at radius 2 is 2.00 bits per heavy atom. The van der Waals surface area contributed by atoms with Gasteiger partial charge in [-0.05, 0) is 26.2 Å². The first kappa shape index (κ1) is 18.4. The molecule has 0 spiro atoms. The number of aromatic nitrogens is 3. The number of amides is 1. The summed E-state index contributed by atoms with van der Waals surface area (Å²) >= 11 is 1.37. The normalized spacial score (nSPS) is 12.3. The lowest BCUT2D eigenvalue weighted by Crippen LogP contribution is -2.36. The van der Waals surface area contributed by atoms with E-state index in [-0.39, 0.29) is 11.6 Å². The van der Waals surface area contributed by atoms with E-state index in [4.69, 9.17) is 0 Å². The number of nitrogens with one attached hydrogen (secondary N) is 1. The summed E-state index contributed by atoms with van der Waals surface area (Å²) in [5.74, 6) is -0.398. The maximum Gasteiger partial charge on any atom is 0.288 e. The van der Waals surface area contributed by atoms with Gasteiger partial charge in [0, 0.05) is 25.3 Å². The molecule has 0 aromatic carbocycles. The minimum atomic E-state index is -0.420. The molecule has 1 N–H and O–H groups in total. The van der Waals surface area contributed by atoms with Gasteiger partial charge in [0.25, 0.3) is 11.5 Å². The van der Waals surface area contributed by atoms with Crippen molar-refractivity contribution in [1.29, 1.82) is 0 Å². The summed E-state index contributed by atoms with van der Waals surface area (Å²) in [7, 11) is 0. The van der Waals surface area contributed by atoms with Crippen molar-refractivity contribution in [3.05, 3.63) is 22.1 Å². The van der Waals surface area contributed by atoms with Crippen LogP contribution in [0.25, 0.3) is 4.96 Å². The van der Waals surface area contributed by atoms with E-state index in [1.54, 1.807) is 0 Å². The molecule has 0 saturated carbocycles. The summed E-state index contributed by atoms with van der Waals surface area (Å²) in [6.07, 6.45) is 4.15. The van der Waals surface area contributed by atoms with Crippen LogP contribution >= 0.6 is 11.3 Å². The number of rotatable bonds is 8. The van der Waals surface area contributed by atoms with Crippen LogP contribution < -0.4 is 15.8 Å². The molecule has 7 nitrogen and oxygen atoms in total. The Kier molecular flexibility index (Phi) is 6.30. The minimum absolute atomic E-state index is 0.00758. The van der Waals surface area contributed by atoms with Crippen LogP contribution in [0.15, 0.2) is 11.0 Å². The molecule has 8 heteroatoms. The van der Waals surface area contributed by atoms with Crippen LogP contribution in [0.4, 0.5) is 5.13 Å². The van der Waals surface area contributed by atoms with Crippen molar-refractivity contribution >= 4 is 27.3 Å². The minimum Gasteiger partial charge on any atom is -0.349 e. The summed E-state index contributed by atoms with van der Waals surface area (Å²) in [5, 5.41) is 7.96. The third-order valence-corrected chi connectivity index (χ3v) is 4.75. The van der Waals surface area contributed by atoms with Crippen LogP contribution in [-0.2, 0) is 0 Å². The van der Waals surface area contributed by atoms with Gasteiger partial charge in [0.1, 0.15) is 5.56 Å². The van der Waals surface area contributed by atoms with Crippen molar-refractivity contribution in [3.63, 3.8) is 0 Å². The van der Waals surface area contributed by atoms with E-state index >= 15 is 0 Å². The average Bonchev–Trinajstić information content (AvgIpc) is 2.99. The van der Waals surface area contributed by atoms with Gasteiger partial charge in [-0.3, -0.25) is 9.59 Å². The third kappa shape index (κ3) is 3.92. The summed E-state index contributed by atoms with van der Waals surface area (Å²) in [6, 6.07) is 0.00758. The second kappa shape index (κ2) is 8.23. The molecule has 0 fully saturated rings. The van der Waals surface area contributed by atoms with Crippen LogP contribution in [0, 0.1) is 0 Å². The van der Waals surface area contributed by atoms with Crippen molar-refractivity contribution in [2.45, 2.75) is 53.0 Å². The zero-order valence-electron chi connectivity index (χ0n) is 14.7. The highest BCUT2D eigenvalue weighted by Gasteiger charge is 2.18. The first-order chi connectivity index (χ1) is 11.5. The summed E-state index contributed by atoms with van der Waals surface area (Å²) in [5.41, 5.74) is -0.390. The predicted molar refractivity (Wildman–Crippen MR) is 97.1 cm³/mol. The standard InChI is InChI=1S/C16H25N5O2S/c1-5-8-20(9-6-2)16-19-21-14(23)12(10-17-15(21)24-16)13(22)18-11(4)7-3/h10-11H,5-9H2,1-4H3,(H,18,22). The number of hydrogen-bond acceptors (Lipinski definition) is 6. The Bertz CT molecular complexity index is 748. The molecule has 2 rings (SSSR count). The van der Waals surface area contributed by atoms with Gasteiger partial charge in [-0.1, -0.05) is 32.1 Å². The number of anilines is 1. The van der Waals surface area contributed by atoms with Gasteiger partial charge in [-0.25, -0.2) is 4.98 Å². The summed E-state index contributed by atoms with van der Waals surface area (Å²) in [6.45, 7) is 9.85. The van der Waals surface area contributed by atoms with Gasteiger partial charge >= 0.3 is 0 Å². The molecule has 24 heavy (non-hydrogen) atoms. The smallest absolute Gasteiger partial charge is 0.288 e. The molecule has 1 unspecified atom stereocenters. The van der Waals surface area contributed by atoms with Crippen LogP contribution in [0.3, 0.4) is 0 Å². The van der Waals surface area contributed by atoms with Crippen LogP contribution in [0.2, 0.25) is 0 Å². The van der Waals surface area contributed by atoms with E-state index in [0.29, 0.717) is 4.96 Å². The van der Waals surface area contributed by atoms with E-state index in [0.717, 1.165) is 37.5 Å². The Morgan fingerprint density at radius 3 is 2.58 bits per heavy atom. The first-order valence-corrected chi connectivity index (χ1v) is 9.28. The quantitative estimate of drug-likeness (QED) is 0.789. The monoisotopic (exact) mass is 351 g/mol. The Hall–Kier alpha value is -1.96. The average molecular weight is 351 g/mol. The highest BCUT2D eigenvalue weighted by atomic mass is 32.1. The number of nitrogens with zero attached hydrogens (tertiary/aromatic N) is 4. The number of fused-ring (bicyclic) bond motifs is 1. The Balaban J connectivity index is 2.38. The van der Waals surface area contributed by atoms with Crippen molar-refractivity contribution in [2.75, 3.05) is 18.0 Å². The van der Waals surface area contributed by atoms with Crippen molar-refractivity contribution in [1.82, 2.24) is 19.9 Å². The zero-order chi connectivity index (χ0) is 17.7. The molecule has 1 atom stereocenters. The first-order valence-electron chi connectivity index (χ1n) is 8.46. The molecule has 0 aliphatic carbocycles. The van der Waals surface area contributed by atoms with Crippen molar-refractivity contribution in [2.24, 2.45) is 0 Å². The molecule has 1 amide bonds. The van der Waals surface area contributed by atoms with Crippen molar-refractivity contribution in [3.8, 4) is 0 Å². The maximum atomic E-state index is 12.6. The van der Waals surface area contributed by atoms with Crippen molar-refractivity contribution < 1.29 is 4.79 Å². The van der Waals surface area contributed by atoms with E-state index in [1.807, 2.05) is 13.8 Å². The van der Waals surface area contributed by atoms with Gasteiger partial charge in [0.15, 0.2) is 0 Å². The second-order valence-corrected chi connectivity index (χ2v) is 6.76. The highest BCUT2D eigenvalue weighted by molar-refractivity contribution is 7.20. The molecule has 132 valence electrons. The van der Waals surface area contributed by atoms with E-state index in [1.165, 1.54) is 22.0 Å². The predicted octanol–water partition coefficient (Wildman–Crippen LogP) is 2.31. The molecule has 2 heterocycles. The summed E-state index contributed by atoms with van der Waals surface area (Å²) in [4.78, 5) is 31.7. The molecule has 2 aromatic rings.